The first-order valence-corrected chi connectivity index (χ1v) is 9.42. The molecule has 0 aliphatic heterocycles. The van der Waals surface area contributed by atoms with E-state index < -0.39 is 0 Å². The van der Waals surface area contributed by atoms with Crippen molar-refractivity contribution >= 4 is 55.2 Å². The largest absolute Gasteiger partial charge is 0.456 e. The molecule has 0 N–H and O–H groups in total. The third-order valence-corrected chi connectivity index (χ3v) is 5.44. The molecule has 4 aromatic carbocycles. The average molecular weight is 381 g/mol. The minimum Gasteiger partial charge on any atom is -0.456 e. The highest BCUT2D eigenvalue weighted by Crippen LogP contribution is 2.33. The number of benzene rings is 4. The van der Waals surface area contributed by atoms with Gasteiger partial charge in [-0.15, -0.1) is 0 Å². The molecule has 0 spiro atoms. The second-order valence-electron chi connectivity index (χ2n) is 6.86. The highest BCUT2D eigenvalue weighted by molar-refractivity contribution is 6.34. The second-order valence-corrected chi connectivity index (χ2v) is 7.22. The van der Waals surface area contributed by atoms with E-state index in [2.05, 4.69) is 35.3 Å². The summed E-state index contributed by atoms with van der Waals surface area (Å²) in [7, 11) is 0. The fraction of sp³-hybridized carbons (Fsp3) is 0. The van der Waals surface area contributed by atoms with Crippen LogP contribution in [0.5, 0.6) is 0 Å². The summed E-state index contributed by atoms with van der Waals surface area (Å²) in [5, 5.41) is 5.75. The van der Waals surface area contributed by atoms with Gasteiger partial charge in [-0.3, -0.25) is 0 Å². The van der Waals surface area contributed by atoms with Crippen molar-refractivity contribution in [3.63, 3.8) is 0 Å². The lowest BCUT2D eigenvalue weighted by atomic mass is 10.1. The van der Waals surface area contributed by atoms with Crippen LogP contribution in [0.2, 0.25) is 5.15 Å². The molecule has 0 fully saturated rings. The molecule has 0 atom stereocenters. The van der Waals surface area contributed by atoms with Gasteiger partial charge in [0.15, 0.2) is 5.82 Å². The average Bonchev–Trinajstić information content (AvgIpc) is 3.10. The van der Waals surface area contributed by atoms with Gasteiger partial charge in [0, 0.05) is 21.7 Å². The van der Waals surface area contributed by atoms with Crippen LogP contribution >= 0.6 is 11.6 Å². The van der Waals surface area contributed by atoms with E-state index in [4.69, 9.17) is 21.0 Å². The summed E-state index contributed by atoms with van der Waals surface area (Å²) >= 11 is 6.52. The molecule has 0 aliphatic rings. The summed E-state index contributed by atoms with van der Waals surface area (Å²) in [6.07, 6.45) is 0. The van der Waals surface area contributed by atoms with Crippen molar-refractivity contribution < 1.29 is 4.42 Å². The van der Waals surface area contributed by atoms with E-state index in [0.29, 0.717) is 11.0 Å². The zero-order chi connectivity index (χ0) is 18.7. The maximum absolute atomic E-state index is 6.52. The van der Waals surface area contributed by atoms with Crippen molar-refractivity contribution in [1.29, 1.82) is 0 Å². The first-order valence-electron chi connectivity index (χ1n) is 9.04. The normalized spacial score (nSPS) is 11.8. The van der Waals surface area contributed by atoms with Gasteiger partial charge in [-0.2, -0.15) is 0 Å². The fourth-order valence-corrected chi connectivity index (χ4v) is 4.00. The number of aromatic nitrogens is 2. The number of rotatable bonds is 1. The molecule has 132 valence electrons. The van der Waals surface area contributed by atoms with Crippen molar-refractivity contribution in [1.82, 2.24) is 9.97 Å². The number of furan rings is 1. The quantitative estimate of drug-likeness (QED) is 0.227. The third-order valence-electron chi connectivity index (χ3n) is 5.15. The molecule has 28 heavy (non-hydrogen) atoms. The Labute approximate surface area is 165 Å². The summed E-state index contributed by atoms with van der Waals surface area (Å²) in [5.74, 6) is 0.593. The molecule has 0 bridgehead atoms. The number of halogens is 1. The lowest BCUT2D eigenvalue weighted by Crippen LogP contribution is -1.92. The summed E-state index contributed by atoms with van der Waals surface area (Å²) in [6, 6.07) is 26.4. The van der Waals surface area contributed by atoms with Gasteiger partial charge in [0.25, 0.3) is 0 Å². The predicted molar refractivity (Wildman–Crippen MR) is 115 cm³/mol. The molecular weight excluding hydrogens is 368 g/mol. The molecule has 0 amide bonds. The molecule has 0 unspecified atom stereocenters. The molecule has 2 heterocycles. The lowest BCUT2D eigenvalue weighted by Gasteiger charge is -2.06. The maximum Gasteiger partial charge on any atom is 0.161 e. The van der Waals surface area contributed by atoms with Crippen LogP contribution in [0.3, 0.4) is 0 Å². The Bertz CT molecular complexity index is 1530. The highest BCUT2D eigenvalue weighted by Gasteiger charge is 2.12. The molecule has 0 saturated carbocycles. The predicted octanol–water partition coefficient (Wildman–Crippen LogP) is 7.00. The van der Waals surface area contributed by atoms with E-state index in [-0.39, 0.29) is 0 Å². The van der Waals surface area contributed by atoms with Gasteiger partial charge in [0.1, 0.15) is 16.3 Å². The van der Waals surface area contributed by atoms with E-state index in [9.17, 15) is 0 Å². The Hall–Kier alpha value is -3.43. The topological polar surface area (TPSA) is 38.9 Å². The van der Waals surface area contributed by atoms with Crippen LogP contribution in [0.1, 0.15) is 0 Å². The first kappa shape index (κ1) is 15.6. The molecule has 3 nitrogen and oxygen atoms in total. The van der Waals surface area contributed by atoms with Crippen LogP contribution in [0.25, 0.3) is 55.0 Å². The monoisotopic (exact) mass is 380 g/mol. The maximum atomic E-state index is 6.52. The van der Waals surface area contributed by atoms with E-state index in [0.717, 1.165) is 49.2 Å². The van der Waals surface area contributed by atoms with Crippen molar-refractivity contribution in [3.05, 3.63) is 84.0 Å². The summed E-state index contributed by atoms with van der Waals surface area (Å²) in [6.45, 7) is 0. The molecule has 6 rings (SSSR count). The Morgan fingerprint density at radius 2 is 1.39 bits per heavy atom. The van der Waals surface area contributed by atoms with Gasteiger partial charge < -0.3 is 4.42 Å². The number of hydrogen-bond acceptors (Lipinski definition) is 3. The van der Waals surface area contributed by atoms with Crippen LogP contribution in [-0.4, -0.2) is 9.97 Å². The Morgan fingerprint density at radius 3 is 2.29 bits per heavy atom. The van der Waals surface area contributed by atoms with Crippen LogP contribution in [-0.2, 0) is 0 Å². The fourth-order valence-electron chi connectivity index (χ4n) is 3.77. The number of para-hydroxylation sites is 1. The number of nitrogens with zero attached hydrogens (tertiary/aromatic N) is 2. The minimum absolute atomic E-state index is 0.454. The van der Waals surface area contributed by atoms with Gasteiger partial charge in [0.05, 0.1) is 5.52 Å². The van der Waals surface area contributed by atoms with Crippen molar-refractivity contribution in [2.75, 3.05) is 0 Å². The smallest absolute Gasteiger partial charge is 0.161 e. The van der Waals surface area contributed by atoms with E-state index >= 15 is 0 Å². The zero-order valence-electron chi connectivity index (χ0n) is 14.7. The lowest BCUT2D eigenvalue weighted by molar-refractivity contribution is 0.669. The van der Waals surface area contributed by atoms with Crippen molar-refractivity contribution in [2.24, 2.45) is 0 Å². The van der Waals surface area contributed by atoms with Gasteiger partial charge in [0.2, 0.25) is 0 Å². The zero-order valence-corrected chi connectivity index (χ0v) is 15.4. The summed E-state index contributed by atoms with van der Waals surface area (Å²) < 4.78 is 6.00. The van der Waals surface area contributed by atoms with Gasteiger partial charge >= 0.3 is 0 Å². The highest BCUT2D eigenvalue weighted by atomic mass is 35.5. The van der Waals surface area contributed by atoms with Gasteiger partial charge in [-0.05, 0) is 41.1 Å². The molecule has 0 aliphatic carbocycles. The van der Waals surface area contributed by atoms with E-state index in [1.165, 1.54) is 0 Å². The minimum atomic E-state index is 0.454. The van der Waals surface area contributed by atoms with Crippen molar-refractivity contribution in [3.8, 4) is 11.4 Å². The standard InChI is InChI=1S/C24H13ClN2O/c25-23-19-11-14-5-1-2-6-15(14)12-20(19)26-24(27-23)16-9-10-18-17-7-3-4-8-21(17)28-22(18)13-16/h1-13H. The first-order chi connectivity index (χ1) is 13.8. The SMILES string of the molecule is Clc1nc(-c2ccc3c(c2)oc2ccccc23)nc2cc3ccccc3cc12. The Kier molecular flexibility index (Phi) is 3.22. The number of hydrogen-bond donors (Lipinski definition) is 0. The molecule has 2 aromatic heterocycles. The molecule has 4 heteroatoms. The third kappa shape index (κ3) is 2.30. The van der Waals surface area contributed by atoms with Crippen LogP contribution in [0, 0.1) is 0 Å². The van der Waals surface area contributed by atoms with Gasteiger partial charge in [-0.25, -0.2) is 9.97 Å². The molecule has 0 radical (unpaired) electrons. The van der Waals surface area contributed by atoms with Gasteiger partial charge in [-0.1, -0.05) is 60.1 Å². The number of fused-ring (bicyclic) bond motifs is 5. The van der Waals surface area contributed by atoms with E-state index in [1.54, 1.807) is 0 Å². The van der Waals surface area contributed by atoms with Crippen LogP contribution in [0.15, 0.2) is 83.3 Å². The Morgan fingerprint density at radius 1 is 0.643 bits per heavy atom. The second kappa shape index (κ2) is 5.78. The molecule has 6 aromatic rings. The molecule has 0 saturated heterocycles. The van der Waals surface area contributed by atoms with Crippen LogP contribution < -0.4 is 0 Å². The summed E-state index contributed by atoms with van der Waals surface area (Å²) in [4.78, 5) is 9.33. The Balaban J connectivity index is 1.58. The van der Waals surface area contributed by atoms with E-state index in [1.807, 2.05) is 48.5 Å². The van der Waals surface area contributed by atoms with Crippen LogP contribution in [0.4, 0.5) is 0 Å². The summed E-state index contributed by atoms with van der Waals surface area (Å²) in [5.41, 5.74) is 3.40. The van der Waals surface area contributed by atoms with Crippen molar-refractivity contribution in [2.45, 2.75) is 0 Å². The molecular formula is C24H13ClN2O.